The van der Waals surface area contributed by atoms with Crippen molar-refractivity contribution >= 4 is 5.91 Å². The molecule has 1 unspecified atom stereocenters. The van der Waals surface area contributed by atoms with Crippen LogP contribution in [0.15, 0.2) is 31.0 Å². The number of hydrogen-bond donors (Lipinski definition) is 1. The van der Waals surface area contributed by atoms with Gasteiger partial charge in [-0.05, 0) is 30.5 Å². The van der Waals surface area contributed by atoms with Crippen molar-refractivity contribution in [3.05, 3.63) is 42.2 Å². The van der Waals surface area contributed by atoms with Gasteiger partial charge in [0.2, 0.25) is 5.91 Å². The predicted octanol–water partition coefficient (Wildman–Crippen LogP) is 1.37. The summed E-state index contributed by atoms with van der Waals surface area (Å²) in [6.07, 6.45) is 4.98. The first-order valence-corrected chi connectivity index (χ1v) is 4.68. The molecule has 1 N–H and O–H groups in total. The Bertz CT molecular complexity index is 373. The van der Waals surface area contributed by atoms with Gasteiger partial charge in [0, 0.05) is 6.20 Å². The van der Waals surface area contributed by atoms with Crippen LogP contribution in [0, 0.1) is 0 Å². The lowest BCUT2D eigenvalue weighted by atomic mass is 10.2. The number of rotatable bonds is 2. The fourth-order valence-electron chi connectivity index (χ4n) is 1.78. The normalized spacial score (nSPS) is 18.7. The molecule has 1 aliphatic rings. The average molecular weight is 188 g/mol. The Morgan fingerprint density at radius 1 is 1.71 bits per heavy atom. The zero-order valence-corrected chi connectivity index (χ0v) is 7.86. The van der Waals surface area contributed by atoms with E-state index in [1.54, 1.807) is 6.20 Å². The first-order chi connectivity index (χ1) is 6.81. The molecule has 1 aromatic rings. The van der Waals surface area contributed by atoms with Gasteiger partial charge >= 0.3 is 0 Å². The Labute approximate surface area is 82.9 Å². The quantitative estimate of drug-likeness (QED) is 0.712. The number of carbonyl (C=O) groups is 1. The van der Waals surface area contributed by atoms with Crippen LogP contribution in [-0.2, 0) is 11.2 Å². The second kappa shape index (κ2) is 3.62. The Morgan fingerprint density at radius 3 is 3.36 bits per heavy atom. The topological polar surface area (TPSA) is 42.0 Å². The first kappa shape index (κ1) is 8.94. The van der Waals surface area contributed by atoms with E-state index >= 15 is 0 Å². The van der Waals surface area contributed by atoms with Gasteiger partial charge in [0.25, 0.3) is 0 Å². The number of aryl methyl sites for hydroxylation is 1. The third-order valence-electron chi connectivity index (χ3n) is 2.46. The Hall–Kier alpha value is -1.64. The Balaban J connectivity index is 2.18. The van der Waals surface area contributed by atoms with Crippen molar-refractivity contribution < 1.29 is 4.79 Å². The van der Waals surface area contributed by atoms with Crippen molar-refractivity contribution in [3.63, 3.8) is 0 Å². The van der Waals surface area contributed by atoms with E-state index in [2.05, 4.69) is 22.9 Å². The fourth-order valence-corrected chi connectivity index (χ4v) is 1.78. The zero-order valence-electron chi connectivity index (χ0n) is 7.86. The number of pyridine rings is 1. The van der Waals surface area contributed by atoms with Crippen LogP contribution >= 0.6 is 0 Å². The minimum Gasteiger partial charge on any atom is -0.344 e. The van der Waals surface area contributed by atoms with Gasteiger partial charge in [-0.3, -0.25) is 9.78 Å². The standard InChI is InChI=1S/C11H12N2O/c1-2-10(14)13-9-6-5-8-4-3-7-12-11(8)9/h2-4,7,9H,1,5-6H2,(H,13,14). The van der Waals surface area contributed by atoms with Crippen LogP contribution in [0.1, 0.15) is 23.7 Å². The number of nitrogens with zero attached hydrogens (tertiary/aromatic N) is 1. The van der Waals surface area contributed by atoms with Crippen molar-refractivity contribution in [2.24, 2.45) is 0 Å². The molecule has 1 aromatic heterocycles. The molecule has 0 aromatic carbocycles. The van der Waals surface area contributed by atoms with Crippen molar-refractivity contribution in [1.29, 1.82) is 0 Å². The van der Waals surface area contributed by atoms with E-state index in [1.165, 1.54) is 11.6 Å². The zero-order chi connectivity index (χ0) is 9.97. The summed E-state index contributed by atoms with van der Waals surface area (Å²) in [6.45, 7) is 3.43. The first-order valence-electron chi connectivity index (χ1n) is 4.68. The van der Waals surface area contributed by atoms with Crippen LogP contribution in [0.25, 0.3) is 0 Å². The van der Waals surface area contributed by atoms with Crippen LogP contribution in [-0.4, -0.2) is 10.9 Å². The summed E-state index contributed by atoms with van der Waals surface area (Å²) in [5.74, 6) is -0.131. The highest BCUT2D eigenvalue weighted by Crippen LogP contribution is 2.28. The molecule has 0 radical (unpaired) electrons. The maximum Gasteiger partial charge on any atom is 0.243 e. The van der Waals surface area contributed by atoms with E-state index in [9.17, 15) is 4.79 Å². The Morgan fingerprint density at radius 2 is 2.57 bits per heavy atom. The molecule has 3 nitrogen and oxygen atoms in total. The molecule has 3 heteroatoms. The number of hydrogen-bond acceptors (Lipinski definition) is 2. The lowest BCUT2D eigenvalue weighted by molar-refractivity contribution is -0.117. The highest BCUT2D eigenvalue weighted by Gasteiger charge is 2.23. The third-order valence-corrected chi connectivity index (χ3v) is 2.46. The summed E-state index contributed by atoms with van der Waals surface area (Å²) >= 11 is 0. The molecule has 14 heavy (non-hydrogen) atoms. The molecular formula is C11H12N2O. The van der Waals surface area contributed by atoms with Crippen molar-refractivity contribution in [1.82, 2.24) is 10.3 Å². The monoisotopic (exact) mass is 188 g/mol. The van der Waals surface area contributed by atoms with Crippen molar-refractivity contribution in [2.75, 3.05) is 0 Å². The van der Waals surface area contributed by atoms with Gasteiger partial charge in [-0.1, -0.05) is 12.6 Å². The van der Waals surface area contributed by atoms with Crippen LogP contribution in [0.4, 0.5) is 0 Å². The lowest BCUT2D eigenvalue weighted by Gasteiger charge is -2.10. The molecule has 72 valence electrons. The SMILES string of the molecule is C=CC(=O)NC1CCc2cccnc21. The summed E-state index contributed by atoms with van der Waals surface area (Å²) in [5, 5.41) is 2.87. The summed E-state index contributed by atoms with van der Waals surface area (Å²) in [5.41, 5.74) is 2.24. The largest absolute Gasteiger partial charge is 0.344 e. The van der Waals surface area contributed by atoms with Crippen LogP contribution in [0.5, 0.6) is 0 Å². The molecule has 0 saturated carbocycles. The van der Waals surface area contributed by atoms with Crippen molar-refractivity contribution in [3.8, 4) is 0 Å². The van der Waals surface area contributed by atoms with Crippen LogP contribution in [0.2, 0.25) is 0 Å². The maximum absolute atomic E-state index is 11.1. The van der Waals surface area contributed by atoms with E-state index in [-0.39, 0.29) is 11.9 Å². The van der Waals surface area contributed by atoms with Gasteiger partial charge in [0.15, 0.2) is 0 Å². The molecule has 2 rings (SSSR count). The molecule has 1 atom stereocenters. The Kier molecular flexibility index (Phi) is 2.31. The van der Waals surface area contributed by atoms with Gasteiger partial charge in [-0.15, -0.1) is 0 Å². The predicted molar refractivity (Wildman–Crippen MR) is 53.6 cm³/mol. The maximum atomic E-state index is 11.1. The van der Waals surface area contributed by atoms with E-state index < -0.39 is 0 Å². The number of fused-ring (bicyclic) bond motifs is 1. The molecule has 0 saturated heterocycles. The summed E-state index contributed by atoms with van der Waals surface area (Å²) in [4.78, 5) is 15.4. The second-order valence-electron chi connectivity index (χ2n) is 3.35. The minimum atomic E-state index is -0.131. The van der Waals surface area contributed by atoms with Gasteiger partial charge in [-0.2, -0.15) is 0 Å². The highest BCUT2D eigenvalue weighted by molar-refractivity contribution is 5.87. The molecule has 0 bridgehead atoms. The van der Waals surface area contributed by atoms with Crippen molar-refractivity contribution in [2.45, 2.75) is 18.9 Å². The molecular weight excluding hydrogens is 176 g/mol. The third kappa shape index (κ3) is 1.53. The number of nitrogens with one attached hydrogen (secondary N) is 1. The smallest absolute Gasteiger partial charge is 0.243 e. The number of carbonyl (C=O) groups excluding carboxylic acids is 1. The van der Waals surface area contributed by atoms with E-state index in [0.717, 1.165) is 18.5 Å². The van der Waals surface area contributed by atoms with Crippen LogP contribution < -0.4 is 5.32 Å². The summed E-state index contributed by atoms with van der Waals surface area (Å²) in [7, 11) is 0. The van der Waals surface area contributed by atoms with E-state index in [0.29, 0.717) is 0 Å². The minimum absolute atomic E-state index is 0.0664. The van der Waals surface area contributed by atoms with Crippen LogP contribution in [0.3, 0.4) is 0 Å². The van der Waals surface area contributed by atoms with E-state index in [4.69, 9.17) is 0 Å². The van der Waals surface area contributed by atoms with Gasteiger partial charge in [0.05, 0.1) is 11.7 Å². The van der Waals surface area contributed by atoms with E-state index in [1.807, 2.05) is 6.07 Å². The summed E-state index contributed by atoms with van der Waals surface area (Å²) < 4.78 is 0. The molecule has 0 spiro atoms. The fraction of sp³-hybridized carbons (Fsp3) is 0.273. The molecule has 1 aliphatic carbocycles. The average Bonchev–Trinajstić information content (AvgIpc) is 2.62. The van der Waals surface area contributed by atoms with Gasteiger partial charge in [-0.25, -0.2) is 0 Å². The summed E-state index contributed by atoms with van der Waals surface area (Å²) in [6, 6.07) is 4.05. The molecule has 1 heterocycles. The lowest BCUT2D eigenvalue weighted by Crippen LogP contribution is -2.25. The molecule has 0 aliphatic heterocycles. The molecule has 0 fully saturated rings. The number of aromatic nitrogens is 1. The van der Waals surface area contributed by atoms with Gasteiger partial charge < -0.3 is 5.32 Å². The number of amides is 1. The highest BCUT2D eigenvalue weighted by atomic mass is 16.1. The van der Waals surface area contributed by atoms with Gasteiger partial charge in [0.1, 0.15) is 0 Å². The second-order valence-corrected chi connectivity index (χ2v) is 3.35. The molecule has 1 amide bonds.